The lowest BCUT2D eigenvalue weighted by atomic mass is 10.2. The summed E-state index contributed by atoms with van der Waals surface area (Å²) in [7, 11) is 0. The fourth-order valence-corrected chi connectivity index (χ4v) is 2.12. The fourth-order valence-electron chi connectivity index (χ4n) is 1.90. The lowest BCUT2D eigenvalue weighted by Crippen LogP contribution is -2.01. The summed E-state index contributed by atoms with van der Waals surface area (Å²) in [5.74, 6) is 1.06. The highest BCUT2D eigenvalue weighted by Crippen LogP contribution is 2.26. The molecule has 0 aliphatic heterocycles. The van der Waals surface area contributed by atoms with Crippen LogP contribution < -0.4 is 5.32 Å². The van der Waals surface area contributed by atoms with Gasteiger partial charge in [-0.1, -0.05) is 23.7 Å². The van der Waals surface area contributed by atoms with Gasteiger partial charge in [0.05, 0.1) is 10.6 Å². The van der Waals surface area contributed by atoms with Crippen molar-refractivity contribution < 1.29 is 4.52 Å². The molecule has 7 heteroatoms. The van der Waals surface area contributed by atoms with Gasteiger partial charge in [0.2, 0.25) is 5.95 Å². The zero-order valence-corrected chi connectivity index (χ0v) is 12.2. The lowest BCUT2D eigenvalue weighted by molar-refractivity contribution is 0.433. The molecular weight excluding hydrogens is 290 g/mol. The highest BCUT2D eigenvalue weighted by Gasteiger charge is 2.12. The van der Waals surface area contributed by atoms with E-state index in [2.05, 4.69) is 25.4 Å². The number of benzene rings is 1. The Hall–Kier alpha value is -2.47. The molecule has 6 nitrogen and oxygen atoms in total. The molecule has 0 spiro atoms. The van der Waals surface area contributed by atoms with Crippen LogP contribution >= 0.6 is 11.6 Å². The maximum atomic E-state index is 6.10. The van der Waals surface area contributed by atoms with Gasteiger partial charge in [-0.25, -0.2) is 9.97 Å². The molecule has 2 heterocycles. The van der Waals surface area contributed by atoms with Crippen molar-refractivity contribution in [2.45, 2.75) is 13.8 Å². The molecule has 0 fully saturated rings. The van der Waals surface area contributed by atoms with Gasteiger partial charge in [0, 0.05) is 11.4 Å². The minimum Gasteiger partial charge on any atom is -0.332 e. The molecule has 0 aliphatic carbocycles. The van der Waals surface area contributed by atoms with Crippen molar-refractivity contribution in [1.29, 1.82) is 0 Å². The summed E-state index contributed by atoms with van der Waals surface area (Å²) in [6.07, 6.45) is 0. The SMILES string of the molecule is Cc1cc(C)nc(Nc2noc(-c3ccccc3Cl)n2)n1. The third-order valence-corrected chi connectivity index (χ3v) is 3.07. The normalized spacial score (nSPS) is 10.6. The summed E-state index contributed by atoms with van der Waals surface area (Å²) in [6, 6.07) is 9.15. The number of halogens is 1. The van der Waals surface area contributed by atoms with Crippen LogP contribution in [-0.2, 0) is 0 Å². The minimum atomic E-state index is 0.287. The van der Waals surface area contributed by atoms with Crippen LogP contribution in [0.4, 0.5) is 11.9 Å². The molecule has 3 aromatic rings. The number of aromatic nitrogens is 4. The van der Waals surface area contributed by atoms with Crippen LogP contribution in [-0.4, -0.2) is 20.1 Å². The molecule has 0 amide bonds. The second-order valence-corrected chi connectivity index (χ2v) is 4.91. The summed E-state index contributed by atoms with van der Waals surface area (Å²) in [5.41, 5.74) is 2.40. The quantitative estimate of drug-likeness (QED) is 0.797. The van der Waals surface area contributed by atoms with E-state index in [-0.39, 0.29) is 5.95 Å². The van der Waals surface area contributed by atoms with Gasteiger partial charge in [-0.05, 0) is 37.2 Å². The summed E-state index contributed by atoms with van der Waals surface area (Å²) >= 11 is 6.10. The van der Waals surface area contributed by atoms with Crippen LogP contribution in [0.3, 0.4) is 0 Å². The molecule has 0 unspecified atom stereocenters. The van der Waals surface area contributed by atoms with Gasteiger partial charge in [-0.2, -0.15) is 4.98 Å². The van der Waals surface area contributed by atoms with Crippen molar-refractivity contribution in [3.05, 3.63) is 46.7 Å². The summed E-state index contributed by atoms with van der Waals surface area (Å²) < 4.78 is 5.20. The Kier molecular flexibility index (Phi) is 3.53. The maximum absolute atomic E-state index is 6.10. The van der Waals surface area contributed by atoms with Crippen molar-refractivity contribution in [2.75, 3.05) is 5.32 Å². The number of aryl methyl sites for hydroxylation is 2. The highest BCUT2D eigenvalue weighted by atomic mass is 35.5. The monoisotopic (exact) mass is 301 g/mol. The largest absolute Gasteiger partial charge is 0.332 e. The van der Waals surface area contributed by atoms with E-state index in [1.54, 1.807) is 6.07 Å². The van der Waals surface area contributed by atoms with Crippen molar-refractivity contribution in [3.8, 4) is 11.5 Å². The van der Waals surface area contributed by atoms with E-state index in [1.165, 1.54) is 0 Å². The van der Waals surface area contributed by atoms with Crippen LogP contribution in [0.25, 0.3) is 11.5 Å². The van der Waals surface area contributed by atoms with Gasteiger partial charge in [-0.15, -0.1) is 0 Å². The third kappa shape index (κ3) is 3.00. The van der Waals surface area contributed by atoms with Crippen LogP contribution in [0.15, 0.2) is 34.9 Å². The van der Waals surface area contributed by atoms with Gasteiger partial charge in [0.15, 0.2) is 0 Å². The first kappa shape index (κ1) is 13.5. The lowest BCUT2D eigenvalue weighted by Gasteiger charge is -2.01. The zero-order chi connectivity index (χ0) is 14.8. The van der Waals surface area contributed by atoms with E-state index in [0.29, 0.717) is 22.4 Å². The molecule has 1 aromatic carbocycles. The van der Waals surface area contributed by atoms with E-state index in [1.807, 2.05) is 38.1 Å². The molecule has 0 bridgehead atoms. The molecule has 1 N–H and O–H groups in total. The van der Waals surface area contributed by atoms with E-state index in [9.17, 15) is 0 Å². The van der Waals surface area contributed by atoms with E-state index < -0.39 is 0 Å². The molecular formula is C14H12ClN5O. The van der Waals surface area contributed by atoms with Crippen LogP contribution in [0, 0.1) is 13.8 Å². The Morgan fingerprint density at radius 1 is 1.00 bits per heavy atom. The topological polar surface area (TPSA) is 76.7 Å². The van der Waals surface area contributed by atoms with Gasteiger partial charge in [-0.3, -0.25) is 5.32 Å². The number of nitrogens with zero attached hydrogens (tertiary/aromatic N) is 4. The van der Waals surface area contributed by atoms with Crippen molar-refractivity contribution in [3.63, 3.8) is 0 Å². The highest BCUT2D eigenvalue weighted by molar-refractivity contribution is 6.33. The first-order valence-corrected chi connectivity index (χ1v) is 6.67. The number of hydrogen-bond acceptors (Lipinski definition) is 6. The van der Waals surface area contributed by atoms with E-state index in [4.69, 9.17) is 16.1 Å². The molecule has 0 saturated heterocycles. The average Bonchev–Trinajstić information content (AvgIpc) is 2.86. The average molecular weight is 302 g/mol. The molecule has 106 valence electrons. The molecule has 0 atom stereocenters. The first-order valence-electron chi connectivity index (χ1n) is 6.30. The fraction of sp³-hybridized carbons (Fsp3) is 0.143. The Bertz CT molecular complexity index is 766. The molecule has 3 rings (SSSR count). The summed E-state index contributed by atoms with van der Waals surface area (Å²) in [4.78, 5) is 12.8. The Labute approximate surface area is 126 Å². The second-order valence-electron chi connectivity index (χ2n) is 4.50. The van der Waals surface area contributed by atoms with Crippen molar-refractivity contribution in [2.24, 2.45) is 0 Å². The summed E-state index contributed by atoms with van der Waals surface area (Å²) in [5, 5.41) is 7.32. The van der Waals surface area contributed by atoms with E-state index >= 15 is 0 Å². The Morgan fingerprint density at radius 2 is 1.71 bits per heavy atom. The molecule has 21 heavy (non-hydrogen) atoms. The van der Waals surface area contributed by atoms with Crippen molar-refractivity contribution in [1.82, 2.24) is 20.1 Å². The van der Waals surface area contributed by atoms with Gasteiger partial charge >= 0.3 is 0 Å². The number of nitrogens with one attached hydrogen (secondary N) is 1. The Balaban J connectivity index is 1.87. The third-order valence-electron chi connectivity index (χ3n) is 2.74. The predicted molar refractivity (Wildman–Crippen MR) is 79.5 cm³/mol. The van der Waals surface area contributed by atoms with Crippen molar-refractivity contribution >= 4 is 23.5 Å². The van der Waals surface area contributed by atoms with Crippen LogP contribution in [0.5, 0.6) is 0 Å². The summed E-state index contributed by atoms with van der Waals surface area (Å²) in [6.45, 7) is 3.79. The van der Waals surface area contributed by atoms with Crippen LogP contribution in [0.1, 0.15) is 11.4 Å². The number of hydrogen-bond donors (Lipinski definition) is 1. The first-order chi connectivity index (χ1) is 10.1. The number of rotatable bonds is 3. The predicted octanol–water partition coefficient (Wildman–Crippen LogP) is 3.54. The smallest absolute Gasteiger partial charge is 0.270 e. The second kappa shape index (κ2) is 5.49. The van der Waals surface area contributed by atoms with Gasteiger partial charge in [0.1, 0.15) is 0 Å². The molecule has 0 saturated carbocycles. The van der Waals surface area contributed by atoms with E-state index in [0.717, 1.165) is 11.4 Å². The zero-order valence-electron chi connectivity index (χ0n) is 11.5. The molecule has 0 aliphatic rings. The standard InChI is InChI=1S/C14H12ClN5O/c1-8-7-9(2)17-13(16-8)19-14-18-12(21-20-14)10-5-3-4-6-11(10)15/h3-7H,1-2H3,(H,16,17,19,20). The number of anilines is 2. The minimum absolute atomic E-state index is 0.287. The van der Waals surface area contributed by atoms with Gasteiger partial charge in [0.25, 0.3) is 11.8 Å². The molecule has 2 aromatic heterocycles. The maximum Gasteiger partial charge on any atom is 0.270 e. The van der Waals surface area contributed by atoms with Gasteiger partial charge < -0.3 is 4.52 Å². The molecule has 0 radical (unpaired) electrons. The Morgan fingerprint density at radius 3 is 2.43 bits per heavy atom. The van der Waals surface area contributed by atoms with Crippen LogP contribution in [0.2, 0.25) is 5.02 Å².